The first kappa shape index (κ1) is 13.6. The first-order valence-electron chi connectivity index (χ1n) is 6.70. The molecule has 2 heteroatoms. The zero-order valence-corrected chi connectivity index (χ0v) is 11.5. The summed E-state index contributed by atoms with van der Waals surface area (Å²) in [6.45, 7) is 3.94. The largest absolute Gasteiger partial charge is 0.489 e. The lowest BCUT2D eigenvalue weighted by atomic mass is 10.1. The van der Waals surface area contributed by atoms with Gasteiger partial charge in [0.05, 0.1) is 0 Å². The molecule has 2 atom stereocenters. The van der Waals surface area contributed by atoms with Gasteiger partial charge >= 0.3 is 0 Å². The van der Waals surface area contributed by atoms with Gasteiger partial charge in [-0.1, -0.05) is 42.5 Å². The van der Waals surface area contributed by atoms with Gasteiger partial charge in [-0.15, -0.1) is 0 Å². The van der Waals surface area contributed by atoms with Gasteiger partial charge in [-0.2, -0.15) is 0 Å². The smallest absolute Gasteiger partial charge is 0.119 e. The Labute approximate surface area is 115 Å². The molecular formula is C17H21NO. The summed E-state index contributed by atoms with van der Waals surface area (Å²) in [5.74, 6) is 0.876. The second kappa shape index (κ2) is 6.39. The van der Waals surface area contributed by atoms with E-state index < -0.39 is 0 Å². The molecule has 1 unspecified atom stereocenters. The van der Waals surface area contributed by atoms with Crippen molar-refractivity contribution < 1.29 is 4.74 Å². The molecule has 2 rings (SSSR count). The second-order valence-electron chi connectivity index (χ2n) is 4.99. The minimum atomic E-state index is 0.0278. The van der Waals surface area contributed by atoms with Crippen LogP contribution in [0.4, 0.5) is 0 Å². The van der Waals surface area contributed by atoms with Crippen LogP contribution < -0.4 is 10.5 Å². The maximum atomic E-state index is 5.79. The lowest BCUT2D eigenvalue weighted by molar-refractivity contribution is 0.196. The van der Waals surface area contributed by atoms with Crippen LogP contribution in [0.2, 0.25) is 0 Å². The van der Waals surface area contributed by atoms with Crippen LogP contribution in [0.5, 0.6) is 5.75 Å². The summed E-state index contributed by atoms with van der Waals surface area (Å²) in [4.78, 5) is 0. The Morgan fingerprint density at radius 2 is 1.47 bits per heavy atom. The SMILES string of the molecule is CC(Oc1ccc(Cc2ccccc2)cc1)[C@@H](C)N. The van der Waals surface area contributed by atoms with Gasteiger partial charge in [0.2, 0.25) is 0 Å². The molecular weight excluding hydrogens is 234 g/mol. The Hall–Kier alpha value is -1.80. The highest BCUT2D eigenvalue weighted by atomic mass is 16.5. The fourth-order valence-electron chi connectivity index (χ4n) is 1.84. The minimum absolute atomic E-state index is 0.0278. The van der Waals surface area contributed by atoms with Crippen LogP contribution in [0.3, 0.4) is 0 Å². The van der Waals surface area contributed by atoms with Gasteiger partial charge in [-0.25, -0.2) is 0 Å². The summed E-state index contributed by atoms with van der Waals surface area (Å²) in [5.41, 5.74) is 8.39. The van der Waals surface area contributed by atoms with E-state index in [1.165, 1.54) is 11.1 Å². The van der Waals surface area contributed by atoms with E-state index in [-0.39, 0.29) is 12.1 Å². The summed E-state index contributed by atoms with van der Waals surface area (Å²) in [6, 6.07) is 18.7. The van der Waals surface area contributed by atoms with E-state index in [4.69, 9.17) is 10.5 Å². The maximum absolute atomic E-state index is 5.79. The molecule has 100 valence electrons. The van der Waals surface area contributed by atoms with E-state index in [2.05, 4.69) is 36.4 Å². The van der Waals surface area contributed by atoms with Crippen LogP contribution in [0.15, 0.2) is 54.6 Å². The van der Waals surface area contributed by atoms with Crippen molar-refractivity contribution in [1.82, 2.24) is 0 Å². The summed E-state index contributed by atoms with van der Waals surface area (Å²) in [7, 11) is 0. The first-order chi connectivity index (χ1) is 9.15. The number of benzene rings is 2. The predicted molar refractivity (Wildman–Crippen MR) is 79.4 cm³/mol. The Morgan fingerprint density at radius 1 is 0.895 bits per heavy atom. The van der Waals surface area contributed by atoms with E-state index in [1.807, 2.05) is 32.0 Å². The topological polar surface area (TPSA) is 35.2 Å². The lowest BCUT2D eigenvalue weighted by Gasteiger charge is -2.18. The highest BCUT2D eigenvalue weighted by Gasteiger charge is 2.08. The standard InChI is InChI=1S/C17H21NO/c1-13(18)14(2)19-17-10-8-16(9-11-17)12-15-6-4-3-5-7-15/h3-11,13-14H,12,18H2,1-2H3/t13-,14?/m1/s1. The summed E-state index contributed by atoms with van der Waals surface area (Å²) in [5, 5.41) is 0. The van der Waals surface area contributed by atoms with Crippen LogP contribution in [-0.2, 0) is 6.42 Å². The highest BCUT2D eigenvalue weighted by molar-refractivity contribution is 5.31. The summed E-state index contributed by atoms with van der Waals surface area (Å²) in [6.07, 6.45) is 0.976. The van der Waals surface area contributed by atoms with Crippen LogP contribution in [-0.4, -0.2) is 12.1 Å². The molecule has 0 aliphatic rings. The Morgan fingerprint density at radius 3 is 2.05 bits per heavy atom. The molecule has 0 amide bonds. The van der Waals surface area contributed by atoms with Gasteiger partial charge in [-0.05, 0) is 43.5 Å². The third kappa shape index (κ3) is 4.11. The van der Waals surface area contributed by atoms with E-state index in [0.29, 0.717) is 0 Å². The number of nitrogens with two attached hydrogens (primary N) is 1. The summed E-state index contributed by atoms with van der Waals surface area (Å²) < 4.78 is 5.76. The monoisotopic (exact) mass is 255 g/mol. The Balaban J connectivity index is 1.99. The molecule has 2 N–H and O–H groups in total. The second-order valence-corrected chi connectivity index (χ2v) is 4.99. The third-order valence-corrected chi connectivity index (χ3v) is 3.24. The molecule has 0 radical (unpaired) electrons. The zero-order valence-electron chi connectivity index (χ0n) is 11.5. The van der Waals surface area contributed by atoms with Crippen molar-refractivity contribution in [1.29, 1.82) is 0 Å². The van der Waals surface area contributed by atoms with Crippen molar-refractivity contribution in [3.05, 3.63) is 65.7 Å². The molecule has 19 heavy (non-hydrogen) atoms. The molecule has 0 aromatic heterocycles. The molecule has 0 bridgehead atoms. The quantitative estimate of drug-likeness (QED) is 0.888. The third-order valence-electron chi connectivity index (χ3n) is 3.24. The van der Waals surface area contributed by atoms with E-state index >= 15 is 0 Å². The maximum Gasteiger partial charge on any atom is 0.119 e. The number of hydrogen-bond donors (Lipinski definition) is 1. The van der Waals surface area contributed by atoms with Gasteiger partial charge < -0.3 is 10.5 Å². The van der Waals surface area contributed by atoms with E-state index in [9.17, 15) is 0 Å². The molecule has 2 aromatic carbocycles. The van der Waals surface area contributed by atoms with Crippen molar-refractivity contribution in [3.63, 3.8) is 0 Å². The van der Waals surface area contributed by atoms with E-state index in [0.717, 1.165) is 12.2 Å². The zero-order chi connectivity index (χ0) is 13.7. The number of ether oxygens (including phenoxy) is 1. The average molecular weight is 255 g/mol. The lowest BCUT2D eigenvalue weighted by Crippen LogP contribution is -2.33. The van der Waals surface area contributed by atoms with Crippen molar-refractivity contribution in [2.24, 2.45) is 5.73 Å². The van der Waals surface area contributed by atoms with Crippen molar-refractivity contribution in [3.8, 4) is 5.75 Å². The molecule has 0 saturated heterocycles. The van der Waals surface area contributed by atoms with Crippen LogP contribution in [0, 0.1) is 0 Å². The molecule has 0 aliphatic heterocycles. The molecule has 2 aromatic rings. The van der Waals surface area contributed by atoms with Crippen molar-refractivity contribution in [2.45, 2.75) is 32.4 Å². The molecule has 0 aliphatic carbocycles. The fourth-order valence-corrected chi connectivity index (χ4v) is 1.84. The molecule has 0 saturated carbocycles. The van der Waals surface area contributed by atoms with Crippen LogP contribution in [0.25, 0.3) is 0 Å². The Bertz CT molecular complexity index is 490. The fraction of sp³-hybridized carbons (Fsp3) is 0.294. The van der Waals surface area contributed by atoms with Crippen molar-refractivity contribution in [2.75, 3.05) is 0 Å². The van der Waals surface area contributed by atoms with Gasteiger partial charge in [0.25, 0.3) is 0 Å². The summed E-state index contributed by atoms with van der Waals surface area (Å²) >= 11 is 0. The number of rotatable bonds is 5. The van der Waals surface area contributed by atoms with Crippen LogP contribution >= 0.6 is 0 Å². The first-order valence-corrected chi connectivity index (χ1v) is 6.70. The predicted octanol–water partition coefficient (Wildman–Crippen LogP) is 3.39. The Kier molecular flexibility index (Phi) is 4.58. The highest BCUT2D eigenvalue weighted by Crippen LogP contribution is 2.17. The van der Waals surface area contributed by atoms with Gasteiger partial charge in [0, 0.05) is 6.04 Å². The van der Waals surface area contributed by atoms with Gasteiger partial charge in [0.1, 0.15) is 11.9 Å². The van der Waals surface area contributed by atoms with E-state index in [1.54, 1.807) is 0 Å². The van der Waals surface area contributed by atoms with Gasteiger partial charge in [-0.3, -0.25) is 0 Å². The molecule has 2 nitrogen and oxygen atoms in total. The average Bonchev–Trinajstić information content (AvgIpc) is 2.42. The normalized spacial score (nSPS) is 13.8. The van der Waals surface area contributed by atoms with Crippen molar-refractivity contribution >= 4 is 0 Å². The minimum Gasteiger partial charge on any atom is -0.489 e. The molecule has 0 fully saturated rings. The molecule has 0 heterocycles. The molecule has 0 spiro atoms. The van der Waals surface area contributed by atoms with Gasteiger partial charge in [0.15, 0.2) is 0 Å². The number of hydrogen-bond acceptors (Lipinski definition) is 2. The van der Waals surface area contributed by atoms with Crippen LogP contribution in [0.1, 0.15) is 25.0 Å².